The van der Waals surface area contributed by atoms with Gasteiger partial charge in [-0.05, 0) is 33.6 Å². The average molecular weight is 239 g/mol. The Bertz CT molecular complexity index is 364. The minimum atomic E-state index is 1.18. The molecule has 0 atom stereocenters. The lowest BCUT2D eigenvalue weighted by atomic mass is 10.2. The van der Waals surface area contributed by atoms with Gasteiger partial charge < -0.3 is 0 Å². The van der Waals surface area contributed by atoms with Crippen LogP contribution in [0, 0.1) is 0 Å². The zero-order valence-corrected chi connectivity index (χ0v) is 8.73. The first-order valence-corrected chi connectivity index (χ1v) is 5.28. The van der Waals surface area contributed by atoms with E-state index in [0.717, 1.165) is 0 Å². The highest BCUT2D eigenvalue weighted by Gasteiger charge is 1.98. The van der Waals surface area contributed by atoms with Crippen LogP contribution in [0.5, 0.6) is 0 Å². The molecule has 0 bridgehead atoms. The van der Waals surface area contributed by atoms with Gasteiger partial charge in [0.25, 0.3) is 0 Å². The number of halogens is 1. The molecule has 0 spiro atoms. The fourth-order valence-corrected chi connectivity index (χ4v) is 2.46. The summed E-state index contributed by atoms with van der Waals surface area (Å²) in [4.78, 5) is 1.31. The van der Waals surface area contributed by atoms with Crippen molar-refractivity contribution in [1.29, 1.82) is 0 Å². The second-order valence-corrected chi connectivity index (χ2v) is 4.93. The van der Waals surface area contributed by atoms with Crippen molar-refractivity contribution in [3.8, 4) is 10.4 Å². The van der Waals surface area contributed by atoms with Gasteiger partial charge in [0.15, 0.2) is 0 Å². The summed E-state index contributed by atoms with van der Waals surface area (Å²) in [5, 5.41) is 0. The normalized spacial score (nSPS) is 10.1. The van der Waals surface area contributed by atoms with E-state index in [1.165, 1.54) is 14.2 Å². The lowest BCUT2D eigenvalue weighted by molar-refractivity contribution is 1.70. The highest BCUT2D eigenvalue weighted by molar-refractivity contribution is 9.11. The predicted octanol–water partition coefficient (Wildman–Crippen LogP) is 4.18. The highest BCUT2D eigenvalue weighted by atomic mass is 79.9. The maximum absolute atomic E-state index is 3.45. The molecule has 2 heteroatoms. The quantitative estimate of drug-likeness (QED) is 0.700. The van der Waals surface area contributed by atoms with Gasteiger partial charge in [0.05, 0.1) is 3.79 Å². The van der Waals surface area contributed by atoms with E-state index in [-0.39, 0.29) is 0 Å². The van der Waals surface area contributed by atoms with Crippen molar-refractivity contribution in [1.82, 2.24) is 0 Å². The molecule has 0 N–H and O–H groups in total. The zero-order chi connectivity index (χ0) is 8.39. The van der Waals surface area contributed by atoms with E-state index in [1.807, 2.05) is 6.07 Å². The van der Waals surface area contributed by atoms with Crippen molar-refractivity contribution < 1.29 is 0 Å². The van der Waals surface area contributed by atoms with Crippen LogP contribution in [0.2, 0.25) is 0 Å². The van der Waals surface area contributed by atoms with Crippen molar-refractivity contribution in [3.05, 3.63) is 46.3 Å². The second-order valence-electron chi connectivity index (χ2n) is 2.47. The third-order valence-corrected chi connectivity index (χ3v) is 3.30. The van der Waals surface area contributed by atoms with Crippen LogP contribution in [0.1, 0.15) is 0 Å². The lowest BCUT2D eigenvalue weighted by Gasteiger charge is -1.93. The molecule has 1 heterocycles. The monoisotopic (exact) mass is 238 g/mol. The third-order valence-electron chi connectivity index (χ3n) is 1.63. The number of thiophene rings is 1. The molecule has 0 amide bonds. The molecule has 0 saturated carbocycles. The van der Waals surface area contributed by atoms with Crippen LogP contribution < -0.4 is 0 Å². The van der Waals surface area contributed by atoms with Crippen molar-refractivity contribution in [2.75, 3.05) is 0 Å². The summed E-state index contributed by atoms with van der Waals surface area (Å²) in [6, 6.07) is 14.6. The van der Waals surface area contributed by atoms with Crippen LogP contribution in [-0.4, -0.2) is 0 Å². The summed E-state index contributed by atoms with van der Waals surface area (Å²) in [6.07, 6.45) is 0. The number of benzene rings is 1. The Morgan fingerprint density at radius 2 is 1.67 bits per heavy atom. The van der Waals surface area contributed by atoms with Gasteiger partial charge >= 0.3 is 0 Å². The van der Waals surface area contributed by atoms with Gasteiger partial charge in [-0.15, -0.1) is 11.3 Å². The molecule has 1 aromatic heterocycles. The van der Waals surface area contributed by atoms with Crippen LogP contribution in [0.4, 0.5) is 0 Å². The Morgan fingerprint density at radius 1 is 0.917 bits per heavy atom. The van der Waals surface area contributed by atoms with Gasteiger partial charge in [-0.2, -0.15) is 0 Å². The Labute approximate surface area is 84.0 Å². The first kappa shape index (κ1) is 8.02. The van der Waals surface area contributed by atoms with Crippen LogP contribution >= 0.6 is 27.3 Å². The Hall–Kier alpha value is -0.600. The number of hydrogen-bond donors (Lipinski definition) is 0. The van der Waals surface area contributed by atoms with Crippen molar-refractivity contribution in [2.45, 2.75) is 0 Å². The first-order chi connectivity index (χ1) is 5.86. The molecule has 0 aliphatic carbocycles. The molecule has 12 heavy (non-hydrogen) atoms. The zero-order valence-electron chi connectivity index (χ0n) is 6.33. The Morgan fingerprint density at radius 3 is 2.25 bits per heavy atom. The Kier molecular flexibility index (Phi) is 2.28. The molecule has 0 fully saturated rings. The van der Waals surface area contributed by atoms with E-state index in [1.54, 1.807) is 11.3 Å². The molecular weight excluding hydrogens is 232 g/mol. The number of hydrogen-bond acceptors (Lipinski definition) is 1. The summed E-state index contributed by atoms with van der Waals surface area (Å²) in [5.41, 5.74) is 1.29. The molecule has 2 aromatic rings. The molecule has 0 aliphatic heterocycles. The van der Waals surface area contributed by atoms with Crippen LogP contribution in [0.15, 0.2) is 46.3 Å². The SMILES string of the molecule is Brc1ccc(-c2ccccc2)s1. The van der Waals surface area contributed by atoms with E-state index in [2.05, 4.69) is 52.3 Å². The fourth-order valence-electron chi connectivity index (χ4n) is 1.07. The van der Waals surface area contributed by atoms with Gasteiger partial charge in [0, 0.05) is 4.88 Å². The lowest BCUT2D eigenvalue weighted by Crippen LogP contribution is -1.67. The average Bonchev–Trinajstić information content (AvgIpc) is 2.54. The summed E-state index contributed by atoms with van der Waals surface area (Å²) in [5.74, 6) is 0. The van der Waals surface area contributed by atoms with Crippen LogP contribution in [0.25, 0.3) is 10.4 Å². The summed E-state index contributed by atoms with van der Waals surface area (Å²) < 4.78 is 1.18. The molecule has 60 valence electrons. The van der Waals surface area contributed by atoms with Gasteiger partial charge in [0.1, 0.15) is 0 Å². The van der Waals surface area contributed by atoms with E-state index < -0.39 is 0 Å². The minimum Gasteiger partial charge on any atom is -0.128 e. The third kappa shape index (κ3) is 1.59. The molecule has 0 unspecified atom stereocenters. The second kappa shape index (κ2) is 3.42. The predicted molar refractivity (Wildman–Crippen MR) is 57.5 cm³/mol. The number of rotatable bonds is 1. The maximum Gasteiger partial charge on any atom is 0.0705 e. The van der Waals surface area contributed by atoms with E-state index in [0.29, 0.717) is 0 Å². The summed E-state index contributed by atoms with van der Waals surface area (Å²) in [6.45, 7) is 0. The highest BCUT2D eigenvalue weighted by Crippen LogP contribution is 2.30. The van der Waals surface area contributed by atoms with E-state index >= 15 is 0 Å². The van der Waals surface area contributed by atoms with Crippen LogP contribution in [-0.2, 0) is 0 Å². The van der Waals surface area contributed by atoms with Crippen LogP contribution in [0.3, 0.4) is 0 Å². The largest absolute Gasteiger partial charge is 0.128 e. The smallest absolute Gasteiger partial charge is 0.0705 e. The summed E-state index contributed by atoms with van der Waals surface area (Å²) in [7, 11) is 0. The molecule has 0 nitrogen and oxygen atoms in total. The van der Waals surface area contributed by atoms with Crippen molar-refractivity contribution >= 4 is 27.3 Å². The van der Waals surface area contributed by atoms with Gasteiger partial charge in [-0.1, -0.05) is 30.3 Å². The summed E-state index contributed by atoms with van der Waals surface area (Å²) >= 11 is 5.21. The minimum absolute atomic E-state index is 1.18. The molecule has 0 radical (unpaired) electrons. The van der Waals surface area contributed by atoms with Gasteiger partial charge in [-0.25, -0.2) is 0 Å². The molecule has 1 aromatic carbocycles. The van der Waals surface area contributed by atoms with E-state index in [9.17, 15) is 0 Å². The maximum atomic E-state index is 3.45. The standard InChI is InChI=1S/C10H7BrS/c11-10-7-6-9(12-10)8-4-2-1-3-5-8/h1-7H. The molecular formula is C10H7BrS. The van der Waals surface area contributed by atoms with Crippen molar-refractivity contribution in [2.24, 2.45) is 0 Å². The Balaban J connectivity index is 2.45. The topological polar surface area (TPSA) is 0 Å². The van der Waals surface area contributed by atoms with Gasteiger partial charge in [0.2, 0.25) is 0 Å². The van der Waals surface area contributed by atoms with Crippen molar-refractivity contribution in [3.63, 3.8) is 0 Å². The molecule has 0 aliphatic rings. The molecule has 0 saturated heterocycles. The first-order valence-electron chi connectivity index (χ1n) is 3.67. The van der Waals surface area contributed by atoms with Gasteiger partial charge in [-0.3, -0.25) is 0 Å². The van der Waals surface area contributed by atoms with E-state index in [4.69, 9.17) is 0 Å². The fraction of sp³-hybridized carbons (Fsp3) is 0. The molecule has 2 rings (SSSR count).